The number of likely N-dealkylation sites (N-methyl/N-ethyl adjacent to an activating group) is 1. The Hall–Kier alpha value is -2.12. The Morgan fingerprint density at radius 1 is 1.38 bits per heavy atom. The number of carboxylic acids is 1. The first-order valence-corrected chi connectivity index (χ1v) is 6.63. The van der Waals surface area contributed by atoms with Crippen molar-refractivity contribution in [2.45, 2.75) is 45.7 Å². The first-order chi connectivity index (χ1) is 9.46. The second-order valence-electron chi connectivity index (χ2n) is 5.91. The van der Waals surface area contributed by atoms with E-state index in [4.69, 9.17) is 0 Å². The van der Waals surface area contributed by atoms with Gasteiger partial charge in [-0.1, -0.05) is 0 Å². The van der Waals surface area contributed by atoms with E-state index >= 15 is 0 Å². The molecular formula is C13H21N3O5. The van der Waals surface area contributed by atoms with Crippen molar-refractivity contribution in [3.05, 3.63) is 0 Å². The Morgan fingerprint density at radius 3 is 2.33 bits per heavy atom. The fourth-order valence-electron chi connectivity index (χ4n) is 2.12. The average molecular weight is 299 g/mol. The molecule has 0 aromatic carbocycles. The molecule has 1 saturated heterocycles. The minimum absolute atomic E-state index is 0.139. The number of carbonyl (C=O) groups is 4. The van der Waals surface area contributed by atoms with Gasteiger partial charge in [0.05, 0.1) is 0 Å². The molecule has 0 bridgehead atoms. The maximum atomic E-state index is 12.6. The number of aliphatic carboxylic acids is 1. The van der Waals surface area contributed by atoms with E-state index in [2.05, 4.69) is 5.32 Å². The number of imide groups is 1. The first kappa shape index (κ1) is 16.9. The Kier molecular flexibility index (Phi) is 4.31. The molecule has 0 spiro atoms. The largest absolute Gasteiger partial charge is 0.480 e. The fourth-order valence-corrected chi connectivity index (χ4v) is 2.12. The third kappa shape index (κ3) is 2.84. The summed E-state index contributed by atoms with van der Waals surface area (Å²) in [4.78, 5) is 49.6. The predicted molar refractivity (Wildman–Crippen MR) is 73.4 cm³/mol. The second-order valence-corrected chi connectivity index (χ2v) is 5.91. The lowest BCUT2D eigenvalue weighted by atomic mass is 9.98. The average Bonchev–Trinajstić information content (AvgIpc) is 2.34. The lowest BCUT2D eigenvalue weighted by molar-refractivity contribution is -0.148. The molecule has 0 atom stereocenters. The van der Waals surface area contributed by atoms with Crippen LogP contribution in [0.1, 0.15) is 34.6 Å². The van der Waals surface area contributed by atoms with E-state index in [9.17, 15) is 24.3 Å². The molecule has 1 fully saturated rings. The van der Waals surface area contributed by atoms with E-state index in [0.29, 0.717) is 0 Å². The van der Waals surface area contributed by atoms with Crippen molar-refractivity contribution >= 4 is 23.8 Å². The minimum Gasteiger partial charge on any atom is -0.480 e. The van der Waals surface area contributed by atoms with Crippen molar-refractivity contribution in [1.29, 1.82) is 0 Å². The molecule has 1 heterocycles. The van der Waals surface area contributed by atoms with Gasteiger partial charge in [-0.15, -0.1) is 0 Å². The quantitative estimate of drug-likeness (QED) is 0.715. The van der Waals surface area contributed by atoms with Crippen LogP contribution in [0, 0.1) is 0 Å². The summed E-state index contributed by atoms with van der Waals surface area (Å²) in [5.74, 6) is -2.34. The molecule has 0 unspecified atom stereocenters. The Balaban J connectivity index is 3.17. The number of carboxylic acid groups (broad SMARTS) is 1. The van der Waals surface area contributed by atoms with E-state index in [1.165, 1.54) is 27.7 Å². The van der Waals surface area contributed by atoms with Gasteiger partial charge in [-0.25, -0.2) is 9.59 Å². The van der Waals surface area contributed by atoms with Crippen LogP contribution in [0.2, 0.25) is 0 Å². The highest BCUT2D eigenvalue weighted by molar-refractivity contribution is 6.06. The Morgan fingerprint density at radius 2 is 1.90 bits per heavy atom. The summed E-state index contributed by atoms with van der Waals surface area (Å²) < 4.78 is 0. The van der Waals surface area contributed by atoms with Crippen LogP contribution in [0.3, 0.4) is 0 Å². The summed E-state index contributed by atoms with van der Waals surface area (Å²) in [5, 5.41) is 11.4. The summed E-state index contributed by atoms with van der Waals surface area (Å²) in [6.45, 7) is 7.30. The third-order valence-corrected chi connectivity index (χ3v) is 3.76. The van der Waals surface area contributed by atoms with Gasteiger partial charge in [-0.05, 0) is 34.6 Å². The molecule has 0 aromatic rings. The summed E-state index contributed by atoms with van der Waals surface area (Å²) >= 11 is 0. The van der Waals surface area contributed by atoms with Crippen molar-refractivity contribution in [2.75, 3.05) is 13.1 Å². The highest BCUT2D eigenvalue weighted by Gasteiger charge is 2.48. The smallest absolute Gasteiger partial charge is 0.329 e. The zero-order valence-corrected chi connectivity index (χ0v) is 12.9. The monoisotopic (exact) mass is 299 g/mol. The Bertz CT molecular complexity index is 498. The number of hydrogen-bond acceptors (Lipinski definition) is 4. The van der Waals surface area contributed by atoms with Crippen molar-refractivity contribution in [1.82, 2.24) is 15.1 Å². The fraction of sp³-hybridized carbons (Fsp3) is 0.692. The number of amides is 4. The standard InChI is InChI=1S/C13H21N3O5/c1-6-15(13(4,5)10(19)20)11(21)16-7-8(17)14-9(18)12(16,2)3/h6-7H2,1-5H3,(H,19,20)(H,14,17,18). The van der Waals surface area contributed by atoms with E-state index < -0.39 is 34.9 Å². The van der Waals surface area contributed by atoms with Gasteiger partial charge in [0.2, 0.25) is 5.91 Å². The molecule has 1 aliphatic heterocycles. The SMILES string of the molecule is CCN(C(=O)N1CC(=O)NC(=O)C1(C)C)C(C)(C)C(=O)O. The van der Waals surface area contributed by atoms with Crippen molar-refractivity contribution in [2.24, 2.45) is 0 Å². The molecule has 0 saturated carbocycles. The molecule has 8 nitrogen and oxygen atoms in total. The molecule has 4 amide bonds. The van der Waals surface area contributed by atoms with Crippen molar-refractivity contribution < 1.29 is 24.3 Å². The number of urea groups is 1. The van der Waals surface area contributed by atoms with Gasteiger partial charge in [0.25, 0.3) is 5.91 Å². The number of nitrogens with one attached hydrogen (secondary N) is 1. The van der Waals surface area contributed by atoms with E-state index in [-0.39, 0.29) is 13.1 Å². The third-order valence-electron chi connectivity index (χ3n) is 3.76. The summed E-state index contributed by atoms with van der Waals surface area (Å²) in [6.07, 6.45) is 0. The van der Waals surface area contributed by atoms with Crippen LogP contribution in [0.25, 0.3) is 0 Å². The lowest BCUT2D eigenvalue weighted by Gasteiger charge is -2.45. The van der Waals surface area contributed by atoms with Gasteiger partial charge in [0.15, 0.2) is 0 Å². The van der Waals surface area contributed by atoms with E-state index in [1.807, 2.05) is 0 Å². The number of rotatable bonds is 3. The number of hydrogen-bond donors (Lipinski definition) is 2. The molecular weight excluding hydrogens is 278 g/mol. The van der Waals surface area contributed by atoms with E-state index in [1.54, 1.807) is 6.92 Å². The normalized spacial score (nSPS) is 18.2. The molecule has 118 valence electrons. The Labute approximate surface area is 123 Å². The molecule has 2 N–H and O–H groups in total. The molecule has 1 aliphatic rings. The predicted octanol–water partition coefficient (Wildman–Crippen LogP) is 0.0285. The first-order valence-electron chi connectivity index (χ1n) is 6.63. The minimum atomic E-state index is -1.45. The van der Waals surface area contributed by atoms with Crippen LogP contribution in [0.5, 0.6) is 0 Å². The number of piperazine rings is 1. The highest BCUT2D eigenvalue weighted by Crippen LogP contribution is 2.24. The summed E-state index contributed by atoms with van der Waals surface area (Å²) in [6, 6.07) is -0.655. The number of carbonyl (C=O) groups excluding carboxylic acids is 3. The molecule has 0 aliphatic carbocycles. The van der Waals surface area contributed by atoms with Gasteiger partial charge in [0.1, 0.15) is 17.6 Å². The van der Waals surface area contributed by atoms with Crippen LogP contribution in [-0.4, -0.2) is 62.9 Å². The van der Waals surface area contributed by atoms with Gasteiger partial charge in [-0.3, -0.25) is 14.9 Å². The zero-order valence-electron chi connectivity index (χ0n) is 12.9. The van der Waals surface area contributed by atoms with Gasteiger partial charge < -0.3 is 14.9 Å². The molecule has 21 heavy (non-hydrogen) atoms. The highest BCUT2D eigenvalue weighted by atomic mass is 16.4. The summed E-state index contributed by atoms with van der Waals surface area (Å²) in [7, 11) is 0. The number of nitrogens with zero attached hydrogens (tertiary/aromatic N) is 2. The van der Waals surface area contributed by atoms with Crippen LogP contribution < -0.4 is 5.32 Å². The van der Waals surface area contributed by atoms with Crippen LogP contribution in [0.4, 0.5) is 4.79 Å². The van der Waals surface area contributed by atoms with Gasteiger partial charge in [0, 0.05) is 6.54 Å². The van der Waals surface area contributed by atoms with Crippen molar-refractivity contribution in [3.63, 3.8) is 0 Å². The zero-order chi connectivity index (χ0) is 16.6. The van der Waals surface area contributed by atoms with Crippen LogP contribution in [-0.2, 0) is 14.4 Å². The summed E-state index contributed by atoms with van der Waals surface area (Å²) in [5.41, 5.74) is -2.67. The molecule has 0 radical (unpaired) electrons. The van der Waals surface area contributed by atoms with Crippen molar-refractivity contribution in [3.8, 4) is 0 Å². The lowest BCUT2D eigenvalue weighted by Crippen LogP contribution is -2.69. The molecule has 1 rings (SSSR count). The van der Waals surface area contributed by atoms with E-state index in [0.717, 1.165) is 9.80 Å². The van der Waals surface area contributed by atoms with Crippen LogP contribution >= 0.6 is 0 Å². The maximum Gasteiger partial charge on any atom is 0.329 e. The van der Waals surface area contributed by atoms with Crippen LogP contribution in [0.15, 0.2) is 0 Å². The second kappa shape index (κ2) is 5.34. The molecule has 8 heteroatoms. The molecule has 0 aromatic heterocycles. The maximum absolute atomic E-state index is 12.6. The van der Waals surface area contributed by atoms with Gasteiger partial charge in [-0.2, -0.15) is 0 Å². The topological polar surface area (TPSA) is 107 Å². The van der Waals surface area contributed by atoms with Gasteiger partial charge >= 0.3 is 12.0 Å².